The van der Waals surface area contributed by atoms with Gasteiger partial charge in [-0.15, -0.1) is 0 Å². The Bertz CT molecular complexity index is 1250. The Morgan fingerprint density at radius 3 is 2.73 bits per heavy atom. The van der Waals surface area contributed by atoms with Crippen molar-refractivity contribution in [1.29, 1.82) is 0 Å². The van der Waals surface area contributed by atoms with Gasteiger partial charge in [0.1, 0.15) is 5.82 Å². The van der Waals surface area contributed by atoms with E-state index in [0.717, 1.165) is 28.7 Å². The zero-order chi connectivity index (χ0) is 23.4. The lowest BCUT2D eigenvalue weighted by atomic mass is 9.99. The fourth-order valence-electron chi connectivity index (χ4n) is 3.93. The molecule has 174 valence electrons. The summed E-state index contributed by atoms with van der Waals surface area (Å²) >= 11 is 6.02. The molecule has 2 aromatic carbocycles. The van der Waals surface area contributed by atoms with Crippen molar-refractivity contribution in [2.45, 2.75) is 17.7 Å². The van der Waals surface area contributed by atoms with E-state index < -0.39 is 21.8 Å². The lowest BCUT2D eigenvalue weighted by Gasteiger charge is -2.31. The number of hydrogen-bond donors (Lipinski definition) is 2. The fraction of sp³-hybridized carbons (Fsp3) is 0.304. The number of anilines is 1. The molecule has 1 aromatic heterocycles. The van der Waals surface area contributed by atoms with Crippen LogP contribution in [0.4, 0.5) is 10.1 Å². The lowest BCUT2D eigenvalue weighted by Crippen LogP contribution is -2.46. The molecule has 1 atom stereocenters. The number of benzene rings is 2. The van der Waals surface area contributed by atoms with Crippen LogP contribution < -0.4 is 10.6 Å². The standard InChI is InChI=1S/C23H24ClFN4O3S/c24-17-3-8-20-21(9-10-26-22(20)14-17)27-11-12-28-23(30)16-2-1-13-29(15-16)33(31,32)19-6-4-18(25)5-7-19/h3-10,14,16H,1-2,11-13,15H2,(H,26,27)(H,28,30)/t16-/m1/s1. The zero-order valence-electron chi connectivity index (χ0n) is 17.8. The number of sulfonamides is 1. The monoisotopic (exact) mass is 490 g/mol. The highest BCUT2D eigenvalue weighted by atomic mass is 35.5. The second-order valence-corrected chi connectivity index (χ2v) is 10.3. The minimum absolute atomic E-state index is 0.0278. The summed E-state index contributed by atoms with van der Waals surface area (Å²) in [6.45, 7) is 1.33. The van der Waals surface area contributed by atoms with E-state index in [1.54, 1.807) is 18.3 Å². The molecule has 0 unspecified atom stereocenters. The molecule has 0 bridgehead atoms. The van der Waals surface area contributed by atoms with E-state index in [1.165, 1.54) is 16.4 Å². The Morgan fingerprint density at radius 2 is 1.94 bits per heavy atom. The van der Waals surface area contributed by atoms with Gasteiger partial charge >= 0.3 is 0 Å². The van der Waals surface area contributed by atoms with Crippen molar-refractivity contribution in [3.63, 3.8) is 0 Å². The van der Waals surface area contributed by atoms with E-state index in [0.29, 0.717) is 37.5 Å². The summed E-state index contributed by atoms with van der Waals surface area (Å²) in [5.41, 5.74) is 1.67. The van der Waals surface area contributed by atoms with Crippen LogP contribution in [0.5, 0.6) is 0 Å². The quantitative estimate of drug-likeness (QED) is 0.493. The van der Waals surface area contributed by atoms with Gasteiger partial charge in [-0.2, -0.15) is 4.31 Å². The highest BCUT2D eigenvalue weighted by molar-refractivity contribution is 7.89. The molecular weight excluding hydrogens is 467 g/mol. The Balaban J connectivity index is 1.31. The van der Waals surface area contributed by atoms with E-state index in [9.17, 15) is 17.6 Å². The van der Waals surface area contributed by atoms with Crippen LogP contribution in [0.1, 0.15) is 12.8 Å². The number of piperidine rings is 1. The molecule has 0 radical (unpaired) electrons. The van der Waals surface area contributed by atoms with Gasteiger partial charge in [0.2, 0.25) is 15.9 Å². The molecule has 10 heteroatoms. The summed E-state index contributed by atoms with van der Waals surface area (Å²) in [7, 11) is -3.77. The van der Waals surface area contributed by atoms with Crippen LogP contribution >= 0.6 is 11.6 Å². The molecule has 1 aliphatic rings. The average molecular weight is 491 g/mol. The molecule has 1 fully saturated rings. The predicted molar refractivity (Wildman–Crippen MR) is 126 cm³/mol. The van der Waals surface area contributed by atoms with Crippen LogP contribution in [-0.4, -0.2) is 49.8 Å². The van der Waals surface area contributed by atoms with Crippen LogP contribution in [0, 0.1) is 11.7 Å². The van der Waals surface area contributed by atoms with E-state index in [2.05, 4.69) is 15.6 Å². The molecule has 0 spiro atoms. The number of carbonyl (C=O) groups is 1. The number of halogens is 2. The van der Waals surface area contributed by atoms with Crippen LogP contribution in [0.15, 0.2) is 59.6 Å². The summed E-state index contributed by atoms with van der Waals surface area (Å²) in [6, 6.07) is 12.1. The Kier molecular flexibility index (Phi) is 7.11. The second-order valence-electron chi connectivity index (χ2n) is 7.89. The largest absolute Gasteiger partial charge is 0.383 e. The third-order valence-electron chi connectivity index (χ3n) is 5.65. The van der Waals surface area contributed by atoms with Gasteiger partial charge in [0.15, 0.2) is 0 Å². The lowest BCUT2D eigenvalue weighted by molar-refractivity contribution is -0.125. The molecule has 4 rings (SSSR count). The van der Waals surface area contributed by atoms with Gasteiger partial charge in [-0.05, 0) is 61.4 Å². The molecule has 1 amide bonds. The summed E-state index contributed by atoms with van der Waals surface area (Å²) in [5.74, 6) is -1.11. The molecule has 0 saturated carbocycles. The maximum atomic E-state index is 13.2. The van der Waals surface area contributed by atoms with Crippen molar-refractivity contribution < 1.29 is 17.6 Å². The zero-order valence-corrected chi connectivity index (χ0v) is 19.4. The van der Waals surface area contributed by atoms with Crippen LogP contribution in [-0.2, 0) is 14.8 Å². The number of fused-ring (bicyclic) bond motifs is 1. The van der Waals surface area contributed by atoms with Crippen molar-refractivity contribution in [1.82, 2.24) is 14.6 Å². The average Bonchev–Trinajstić information content (AvgIpc) is 2.82. The number of rotatable bonds is 7. The molecule has 33 heavy (non-hydrogen) atoms. The number of amides is 1. The van der Waals surface area contributed by atoms with Crippen LogP contribution in [0.3, 0.4) is 0 Å². The maximum Gasteiger partial charge on any atom is 0.243 e. The van der Waals surface area contributed by atoms with Gasteiger partial charge in [-0.3, -0.25) is 9.78 Å². The molecule has 3 aromatic rings. The molecule has 2 heterocycles. The third-order valence-corrected chi connectivity index (χ3v) is 7.77. The first-order valence-electron chi connectivity index (χ1n) is 10.7. The summed E-state index contributed by atoms with van der Waals surface area (Å²) in [5, 5.41) is 7.73. The van der Waals surface area contributed by atoms with Crippen molar-refractivity contribution in [3.8, 4) is 0 Å². The first kappa shape index (κ1) is 23.4. The molecular formula is C23H24ClFN4O3S. The van der Waals surface area contributed by atoms with Crippen molar-refractivity contribution in [2.75, 3.05) is 31.5 Å². The molecule has 2 N–H and O–H groups in total. The molecule has 7 nitrogen and oxygen atoms in total. The fourth-order valence-corrected chi connectivity index (χ4v) is 5.62. The van der Waals surface area contributed by atoms with Gasteiger partial charge in [0, 0.05) is 48.5 Å². The van der Waals surface area contributed by atoms with E-state index in [-0.39, 0.29) is 17.3 Å². The van der Waals surface area contributed by atoms with Crippen LogP contribution in [0.2, 0.25) is 5.02 Å². The number of nitrogens with zero attached hydrogens (tertiary/aromatic N) is 2. The van der Waals surface area contributed by atoms with Crippen molar-refractivity contribution in [3.05, 3.63) is 65.6 Å². The third kappa shape index (κ3) is 5.43. The number of carbonyl (C=O) groups excluding carboxylic acids is 1. The topological polar surface area (TPSA) is 91.4 Å². The van der Waals surface area contributed by atoms with E-state index in [1.807, 2.05) is 12.1 Å². The highest BCUT2D eigenvalue weighted by Crippen LogP contribution is 2.25. The van der Waals surface area contributed by atoms with Crippen molar-refractivity contribution >= 4 is 44.1 Å². The molecule has 0 aliphatic carbocycles. The summed E-state index contributed by atoms with van der Waals surface area (Å²) < 4.78 is 40.2. The first-order chi connectivity index (χ1) is 15.8. The predicted octanol–water partition coefficient (Wildman–Crippen LogP) is 3.66. The first-order valence-corrected chi connectivity index (χ1v) is 12.5. The smallest absolute Gasteiger partial charge is 0.243 e. The van der Waals surface area contributed by atoms with Crippen molar-refractivity contribution in [2.24, 2.45) is 5.92 Å². The van der Waals surface area contributed by atoms with E-state index in [4.69, 9.17) is 11.6 Å². The van der Waals surface area contributed by atoms with Gasteiger partial charge in [-0.25, -0.2) is 12.8 Å². The Labute approximate surface area is 197 Å². The Morgan fingerprint density at radius 1 is 1.15 bits per heavy atom. The van der Waals surface area contributed by atoms with E-state index >= 15 is 0 Å². The minimum atomic E-state index is -3.77. The number of aromatic nitrogens is 1. The minimum Gasteiger partial charge on any atom is -0.383 e. The SMILES string of the molecule is O=C(NCCNc1ccnc2cc(Cl)ccc12)[C@@H]1CCCN(S(=O)(=O)c2ccc(F)cc2)C1. The van der Waals surface area contributed by atoms with Gasteiger partial charge < -0.3 is 10.6 Å². The van der Waals surface area contributed by atoms with Gasteiger partial charge in [0.05, 0.1) is 16.3 Å². The summed E-state index contributed by atoms with van der Waals surface area (Å²) in [4.78, 5) is 17.0. The second kappa shape index (κ2) is 10.0. The number of nitrogens with one attached hydrogen (secondary N) is 2. The highest BCUT2D eigenvalue weighted by Gasteiger charge is 2.33. The Hall–Kier alpha value is -2.75. The molecule has 1 saturated heterocycles. The number of pyridine rings is 1. The van der Waals surface area contributed by atoms with Crippen LogP contribution in [0.25, 0.3) is 10.9 Å². The normalized spacial score (nSPS) is 17.1. The maximum absolute atomic E-state index is 13.2. The van der Waals surface area contributed by atoms with Gasteiger partial charge in [-0.1, -0.05) is 11.6 Å². The van der Waals surface area contributed by atoms with Gasteiger partial charge in [0.25, 0.3) is 0 Å². The molecule has 1 aliphatic heterocycles. The number of hydrogen-bond acceptors (Lipinski definition) is 5. The summed E-state index contributed by atoms with van der Waals surface area (Å²) in [6.07, 6.45) is 2.89.